The summed E-state index contributed by atoms with van der Waals surface area (Å²) in [6.45, 7) is 1.89. The van der Waals surface area contributed by atoms with Crippen molar-refractivity contribution >= 4 is 5.71 Å². The molecule has 1 fully saturated rings. The zero-order valence-corrected chi connectivity index (χ0v) is 6.68. The number of methoxy groups -OCH3 is 1. The van der Waals surface area contributed by atoms with Gasteiger partial charge in [-0.3, -0.25) is 0 Å². The van der Waals surface area contributed by atoms with Crippen molar-refractivity contribution in [3.05, 3.63) is 0 Å². The molecule has 0 bridgehead atoms. The fraction of sp³-hybridized carbons (Fsp3) is 0.875. The van der Waals surface area contributed by atoms with Gasteiger partial charge in [0.25, 0.3) is 0 Å². The highest BCUT2D eigenvalue weighted by Crippen LogP contribution is 2.27. The summed E-state index contributed by atoms with van der Waals surface area (Å²) >= 11 is 0. The Morgan fingerprint density at radius 2 is 2.20 bits per heavy atom. The maximum absolute atomic E-state index is 7.40. The summed E-state index contributed by atoms with van der Waals surface area (Å²) in [4.78, 5) is 0. The van der Waals surface area contributed by atoms with Crippen molar-refractivity contribution in [3.63, 3.8) is 0 Å². The molecular formula is C8H15NO. The van der Waals surface area contributed by atoms with Gasteiger partial charge in [0.1, 0.15) is 0 Å². The Kier molecular flexibility index (Phi) is 2.44. The van der Waals surface area contributed by atoms with Crippen LogP contribution >= 0.6 is 0 Å². The van der Waals surface area contributed by atoms with Crippen LogP contribution in [-0.4, -0.2) is 18.9 Å². The molecule has 0 amide bonds. The van der Waals surface area contributed by atoms with Crippen molar-refractivity contribution in [2.75, 3.05) is 7.11 Å². The van der Waals surface area contributed by atoms with Crippen molar-refractivity contribution in [2.45, 2.75) is 32.3 Å². The van der Waals surface area contributed by atoms with Gasteiger partial charge >= 0.3 is 0 Å². The molecule has 1 rings (SSSR count). The molecule has 0 aromatic heterocycles. The summed E-state index contributed by atoms with van der Waals surface area (Å²) in [5.41, 5.74) is 0.819. The Morgan fingerprint density at radius 1 is 1.50 bits per heavy atom. The second kappa shape index (κ2) is 3.15. The highest BCUT2D eigenvalue weighted by atomic mass is 16.5. The minimum atomic E-state index is 0.422. The predicted molar refractivity (Wildman–Crippen MR) is 41.5 cm³/mol. The van der Waals surface area contributed by atoms with Gasteiger partial charge in [-0.05, 0) is 32.1 Å². The molecule has 2 atom stereocenters. The zero-order valence-electron chi connectivity index (χ0n) is 6.68. The fourth-order valence-corrected chi connectivity index (χ4v) is 1.55. The first-order valence-electron chi connectivity index (χ1n) is 3.82. The quantitative estimate of drug-likeness (QED) is 0.585. The molecule has 1 aliphatic carbocycles. The predicted octanol–water partition coefficient (Wildman–Crippen LogP) is 1.84. The molecule has 0 aromatic carbocycles. The molecule has 58 valence electrons. The molecule has 0 heterocycles. The van der Waals surface area contributed by atoms with Crippen LogP contribution in [0.25, 0.3) is 0 Å². The van der Waals surface area contributed by atoms with Gasteiger partial charge in [-0.2, -0.15) is 0 Å². The Bertz CT molecular complexity index is 133. The van der Waals surface area contributed by atoms with Crippen LogP contribution in [0.4, 0.5) is 0 Å². The van der Waals surface area contributed by atoms with E-state index in [1.807, 2.05) is 6.92 Å². The lowest BCUT2D eigenvalue weighted by Crippen LogP contribution is -2.09. The molecule has 0 aliphatic heterocycles. The van der Waals surface area contributed by atoms with Crippen molar-refractivity contribution < 1.29 is 4.74 Å². The van der Waals surface area contributed by atoms with Gasteiger partial charge in [-0.25, -0.2) is 0 Å². The minimum Gasteiger partial charge on any atom is -0.381 e. The number of ether oxygens (including phenoxy) is 1. The minimum absolute atomic E-state index is 0.422. The average Bonchev–Trinajstić information content (AvgIpc) is 2.34. The lowest BCUT2D eigenvalue weighted by molar-refractivity contribution is 0.107. The van der Waals surface area contributed by atoms with Crippen molar-refractivity contribution in [1.82, 2.24) is 0 Å². The second-order valence-corrected chi connectivity index (χ2v) is 3.05. The molecule has 0 saturated heterocycles. The lowest BCUT2D eigenvalue weighted by atomic mass is 10.0. The molecule has 2 nitrogen and oxygen atoms in total. The van der Waals surface area contributed by atoms with E-state index in [0.717, 1.165) is 25.0 Å². The van der Waals surface area contributed by atoms with Gasteiger partial charge in [0.2, 0.25) is 0 Å². The number of hydrogen-bond donors (Lipinski definition) is 1. The van der Waals surface area contributed by atoms with Crippen LogP contribution in [0.2, 0.25) is 0 Å². The number of rotatable bonds is 2. The summed E-state index contributed by atoms with van der Waals surface area (Å²) in [7, 11) is 1.76. The largest absolute Gasteiger partial charge is 0.381 e. The Hall–Kier alpha value is -0.370. The lowest BCUT2D eigenvalue weighted by Gasteiger charge is -2.07. The van der Waals surface area contributed by atoms with E-state index < -0.39 is 0 Å². The van der Waals surface area contributed by atoms with E-state index in [2.05, 4.69) is 0 Å². The van der Waals surface area contributed by atoms with E-state index in [0.29, 0.717) is 12.0 Å². The molecule has 1 saturated carbocycles. The van der Waals surface area contributed by atoms with Gasteiger partial charge in [0.15, 0.2) is 0 Å². The summed E-state index contributed by atoms with van der Waals surface area (Å²) in [5.74, 6) is 0.505. The third kappa shape index (κ3) is 1.57. The molecule has 10 heavy (non-hydrogen) atoms. The molecule has 1 aliphatic rings. The molecule has 0 aromatic rings. The van der Waals surface area contributed by atoms with E-state index in [1.54, 1.807) is 7.11 Å². The van der Waals surface area contributed by atoms with E-state index in [4.69, 9.17) is 10.1 Å². The zero-order chi connectivity index (χ0) is 7.56. The van der Waals surface area contributed by atoms with Gasteiger partial charge < -0.3 is 10.1 Å². The summed E-state index contributed by atoms with van der Waals surface area (Å²) < 4.78 is 5.19. The van der Waals surface area contributed by atoms with E-state index in [9.17, 15) is 0 Å². The monoisotopic (exact) mass is 141 g/mol. The van der Waals surface area contributed by atoms with Crippen LogP contribution in [-0.2, 0) is 4.74 Å². The van der Waals surface area contributed by atoms with Gasteiger partial charge in [-0.15, -0.1) is 0 Å². The Balaban J connectivity index is 2.35. The maximum atomic E-state index is 7.40. The van der Waals surface area contributed by atoms with Crippen LogP contribution in [0.1, 0.15) is 26.2 Å². The highest BCUT2D eigenvalue weighted by Gasteiger charge is 2.25. The molecule has 0 radical (unpaired) electrons. The van der Waals surface area contributed by atoms with Crippen LogP contribution in [0.5, 0.6) is 0 Å². The van der Waals surface area contributed by atoms with Crippen LogP contribution < -0.4 is 0 Å². The van der Waals surface area contributed by atoms with Crippen LogP contribution in [0, 0.1) is 11.3 Å². The Labute approximate surface area is 62.1 Å². The van der Waals surface area contributed by atoms with E-state index >= 15 is 0 Å². The number of hydrogen-bond acceptors (Lipinski definition) is 2. The smallest absolute Gasteiger partial charge is 0.0577 e. The van der Waals surface area contributed by atoms with E-state index in [1.165, 1.54) is 0 Å². The topological polar surface area (TPSA) is 33.1 Å². The first-order valence-corrected chi connectivity index (χ1v) is 3.82. The highest BCUT2D eigenvalue weighted by molar-refractivity contribution is 5.81. The fourth-order valence-electron chi connectivity index (χ4n) is 1.55. The van der Waals surface area contributed by atoms with Crippen molar-refractivity contribution in [2.24, 2.45) is 5.92 Å². The van der Waals surface area contributed by atoms with Gasteiger partial charge in [0.05, 0.1) is 6.10 Å². The van der Waals surface area contributed by atoms with Gasteiger partial charge in [0, 0.05) is 12.8 Å². The van der Waals surface area contributed by atoms with Crippen LogP contribution in [0.15, 0.2) is 0 Å². The summed E-state index contributed by atoms with van der Waals surface area (Å²) in [6.07, 6.45) is 3.77. The average molecular weight is 141 g/mol. The van der Waals surface area contributed by atoms with Crippen molar-refractivity contribution in [3.8, 4) is 0 Å². The third-order valence-corrected chi connectivity index (χ3v) is 2.33. The first kappa shape index (κ1) is 7.73. The first-order chi connectivity index (χ1) is 4.74. The van der Waals surface area contributed by atoms with Crippen molar-refractivity contribution in [1.29, 1.82) is 5.41 Å². The molecule has 2 unspecified atom stereocenters. The molecular weight excluding hydrogens is 126 g/mol. The molecule has 2 heteroatoms. The summed E-state index contributed by atoms with van der Waals surface area (Å²) in [5, 5.41) is 7.40. The summed E-state index contributed by atoms with van der Waals surface area (Å²) in [6, 6.07) is 0. The maximum Gasteiger partial charge on any atom is 0.0577 e. The van der Waals surface area contributed by atoms with Gasteiger partial charge in [-0.1, -0.05) is 0 Å². The van der Waals surface area contributed by atoms with Crippen LogP contribution in [0.3, 0.4) is 0 Å². The standard InChI is InChI=1S/C8H15NO/c1-6(9)7-3-4-8(5-7)10-2/h7-9H,3-5H2,1-2H3. The molecule has 1 N–H and O–H groups in total. The number of nitrogens with one attached hydrogen (secondary N) is 1. The van der Waals surface area contributed by atoms with E-state index in [-0.39, 0.29) is 0 Å². The SMILES string of the molecule is COC1CCC(C(C)=N)C1. The second-order valence-electron chi connectivity index (χ2n) is 3.05. The third-order valence-electron chi connectivity index (χ3n) is 2.33. The normalized spacial score (nSPS) is 32.6. The Morgan fingerprint density at radius 3 is 2.50 bits per heavy atom. The molecule has 0 spiro atoms.